The Labute approximate surface area is 96.2 Å². The molecule has 2 rings (SSSR count). The summed E-state index contributed by atoms with van der Waals surface area (Å²) in [5.41, 5.74) is 6.69. The summed E-state index contributed by atoms with van der Waals surface area (Å²) in [6, 6.07) is 1.92. The average molecular weight is 232 g/mol. The number of piperidine rings is 1. The van der Waals surface area contributed by atoms with Crippen LogP contribution in [0, 0.1) is 5.92 Å². The molecule has 5 heteroatoms. The molecule has 1 aliphatic heterocycles. The van der Waals surface area contributed by atoms with Crippen LogP contribution in [-0.2, 0) is 6.54 Å². The fourth-order valence-corrected chi connectivity index (χ4v) is 2.04. The lowest BCUT2D eigenvalue weighted by Gasteiger charge is -2.31. The Hall–Kier alpha value is -0.580. The van der Waals surface area contributed by atoms with Gasteiger partial charge in [0.2, 0.25) is 0 Å². The minimum absolute atomic E-state index is 0. The Morgan fingerprint density at radius 2 is 2.47 bits per heavy atom. The zero-order valence-electron chi connectivity index (χ0n) is 8.76. The van der Waals surface area contributed by atoms with Gasteiger partial charge in [-0.05, 0) is 31.8 Å². The summed E-state index contributed by atoms with van der Waals surface area (Å²) < 4.78 is 4.81. The molecule has 0 spiro atoms. The van der Waals surface area contributed by atoms with Crippen molar-refractivity contribution in [3.05, 3.63) is 18.0 Å². The number of hydrogen-bond acceptors (Lipinski definition) is 4. The molecule has 0 aliphatic carbocycles. The summed E-state index contributed by atoms with van der Waals surface area (Å²) in [7, 11) is 0. The van der Waals surface area contributed by atoms with Crippen LogP contribution in [0.3, 0.4) is 0 Å². The van der Waals surface area contributed by atoms with Gasteiger partial charge in [-0.15, -0.1) is 12.4 Å². The molecule has 1 atom stereocenters. The van der Waals surface area contributed by atoms with Gasteiger partial charge < -0.3 is 10.3 Å². The molecule has 15 heavy (non-hydrogen) atoms. The lowest BCUT2D eigenvalue weighted by Crippen LogP contribution is -2.37. The number of halogens is 1. The Bertz CT molecular complexity index is 266. The van der Waals surface area contributed by atoms with Crippen molar-refractivity contribution in [1.82, 2.24) is 10.1 Å². The molecule has 1 aromatic rings. The Kier molecular flexibility index (Phi) is 5.08. The highest BCUT2D eigenvalue weighted by Gasteiger charge is 2.19. The van der Waals surface area contributed by atoms with E-state index in [9.17, 15) is 0 Å². The van der Waals surface area contributed by atoms with E-state index in [2.05, 4.69) is 10.1 Å². The molecule has 86 valence electrons. The van der Waals surface area contributed by atoms with Crippen LogP contribution < -0.4 is 5.73 Å². The van der Waals surface area contributed by atoms with Crippen molar-refractivity contribution in [3.63, 3.8) is 0 Å². The first kappa shape index (κ1) is 12.5. The van der Waals surface area contributed by atoms with Crippen molar-refractivity contribution < 1.29 is 4.52 Å². The molecule has 0 aromatic carbocycles. The molecule has 1 aromatic heterocycles. The van der Waals surface area contributed by atoms with Crippen LogP contribution in [0.15, 0.2) is 16.9 Å². The van der Waals surface area contributed by atoms with Crippen molar-refractivity contribution in [2.45, 2.75) is 19.4 Å². The third-order valence-electron chi connectivity index (χ3n) is 2.81. The van der Waals surface area contributed by atoms with Crippen molar-refractivity contribution in [2.24, 2.45) is 11.7 Å². The summed E-state index contributed by atoms with van der Waals surface area (Å²) in [6.45, 7) is 3.95. The molecular formula is C10H18ClN3O. The fraction of sp³-hybridized carbons (Fsp3) is 0.700. The largest absolute Gasteiger partial charge is 0.364 e. The van der Waals surface area contributed by atoms with Crippen LogP contribution in [0.5, 0.6) is 0 Å². The van der Waals surface area contributed by atoms with Crippen LogP contribution >= 0.6 is 12.4 Å². The first-order valence-electron chi connectivity index (χ1n) is 5.20. The second kappa shape index (κ2) is 6.10. The third kappa shape index (κ3) is 3.48. The molecule has 1 saturated heterocycles. The number of nitrogens with zero attached hydrogens (tertiary/aromatic N) is 2. The van der Waals surface area contributed by atoms with Crippen LogP contribution in [0.2, 0.25) is 0 Å². The molecule has 0 radical (unpaired) electrons. The zero-order chi connectivity index (χ0) is 9.80. The van der Waals surface area contributed by atoms with Crippen molar-refractivity contribution in [1.29, 1.82) is 0 Å². The summed E-state index contributed by atoms with van der Waals surface area (Å²) in [6.07, 6.45) is 4.14. The predicted octanol–water partition coefficient (Wildman–Crippen LogP) is 1.27. The van der Waals surface area contributed by atoms with Crippen molar-refractivity contribution in [3.8, 4) is 0 Å². The van der Waals surface area contributed by atoms with E-state index in [0.717, 1.165) is 31.9 Å². The molecule has 4 nitrogen and oxygen atoms in total. The highest BCUT2D eigenvalue weighted by Crippen LogP contribution is 2.16. The average Bonchev–Trinajstić information content (AvgIpc) is 2.71. The Morgan fingerprint density at radius 3 is 3.13 bits per heavy atom. The Morgan fingerprint density at radius 1 is 1.60 bits per heavy atom. The van der Waals surface area contributed by atoms with Crippen LogP contribution in [0.25, 0.3) is 0 Å². The molecule has 1 aliphatic rings. The molecule has 0 saturated carbocycles. The van der Waals surface area contributed by atoms with Crippen molar-refractivity contribution >= 4 is 12.4 Å². The second-order valence-electron chi connectivity index (χ2n) is 3.97. The summed E-state index contributed by atoms with van der Waals surface area (Å²) >= 11 is 0. The number of aromatic nitrogens is 1. The lowest BCUT2D eigenvalue weighted by molar-refractivity contribution is 0.167. The quantitative estimate of drug-likeness (QED) is 0.851. The van der Waals surface area contributed by atoms with Crippen LogP contribution in [0.4, 0.5) is 0 Å². The number of hydrogen-bond donors (Lipinski definition) is 1. The van der Waals surface area contributed by atoms with E-state index in [0.29, 0.717) is 5.92 Å². The smallest absolute Gasteiger partial charge is 0.124 e. The van der Waals surface area contributed by atoms with Gasteiger partial charge in [0.15, 0.2) is 0 Å². The number of likely N-dealkylation sites (tertiary alicyclic amines) is 1. The van der Waals surface area contributed by atoms with Gasteiger partial charge in [-0.2, -0.15) is 0 Å². The first-order chi connectivity index (χ1) is 6.88. The van der Waals surface area contributed by atoms with E-state index in [1.807, 2.05) is 6.07 Å². The van der Waals surface area contributed by atoms with E-state index in [4.69, 9.17) is 10.3 Å². The lowest BCUT2D eigenvalue weighted by atomic mass is 9.98. The minimum atomic E-state index is 0. The molecular weight excluding hydrogens is 214 g/mol. The molecule has 0 amide bonds. The normalized spacial score (nSPS) is 22.3. The van der Waals surface area contributed by atoms with E-state index in [-0.39, 0.29) is 12.4 Å². The van der Waals surface area contributed by atoms with E-state index in [1.54, 1.807) is 6.26 Å². The van der Waals surface area contributed by atoms with Gasteiger partial charge >= 0.3 is 0 Å². The molecule has 0 bridgehead atoms. The summed E-state index contributed by atoms with van der Waals surface area (Å²) in [5.74, 6) is 0.663. The Balaban J connectivity index is 0.00000112. The SMILES string of the molecule is Cl.NCC1CCCN(Cc2ccon2)C1. The van der Waals surface area contributed by atoms with Gasteiger partial charge in [0.25, 0.3) is 0 Å². The number of rotatable bonds is 3. The van der Waals surface area contributed by atoms with E-state index in [1.165, 1.54) is 12.8 Å². The highest BCUT2D eigenvalue weighted by atomic mass is 35.5. The van der Waals surface area contributed by atoms with Gasteiger partial charge in [-0.1, -0.05) is 5.16 Å². The summed E-state index contributed by atoms with van der Waals surface area (Å²) in [4.78, 5) is 2.40. The van der Waals surface area contributed by atoms with E-state index >= 15 is 0 Å². The van der Waals surface area contributed by atoms with Gasteiger partial charge in [0.05, 0.1) is 5.69 Å². The summed E-state index contributed by atoms with van der Waals surface area (Å²) in [5, 5.41) is 3.91. The van der Waals surface area contributed by atoms with Crippen molar-refractivity contribution in [2.75, 3.05) is 19.6 Å². The maximum atomic E-state index is 5.68. The molecule has 1 unspecified atom stereocenters. The molecule has 2 N–H and O–H groups in total. The number of nitrogens with two attached hydrogens (primary N) is 1. The topological polar surface area (TPSA) is 55.3 Å². The van der Waals surface area contributed by atoms with Gasteiger partial charge in [-0.3, -0.25) is 4.90 Å². The maximum absolute atomic E-state index is 5.68. The maximum Gasteiger partial charge on any atom is 0.124 e. The first-order valence-corrected chi connectivity index (χ1v) is 5.20. The van der Waals surface area contributed by atoms with Gasteiger partial charge in [0.1, 0.15) is 6.26 Å². The fourth-order valence-electron chi connectivity index (χ4n) is 2.04. The zero-order valence-corrected chi connectivity index (χ0v) is 9.58. The van der Waals surface area contributed by atoms with Gasteiger partial charge in [-0.25, -0.2) is 0 Å². The van der Waals surface area contributed by atoms with Crippen LogP contribution in [-0.4, -0.2) is 29.7 Å². The standard InChI is InChI=1S/C10H17N3O.ClH/c11-6-9-2-1-4-13(7-9)8-10-3-5-14-12-10;/h3,5,9H,1-2,4,6-8,11H2;1H. The van der Waals surface area contributed by atoms with Gasteiger partial charge in [0, 0.05) is 19.2 Å². The van der Waals surface area contributed by atoms with Crippen LogP contribution in [0.1, 0.15) is 18.5 Å². The molecule has 1 fully saturated rings. The second-order valence-corrected chi connectivity index (χ2v) is 3.97. The molecule has 2 heterocycles. The predicted molar refractivity (Wildman–Crippen MR) is 60.8 cm³/mol. The minimum Gasteiger partial charge on any atom is -0.364 e. The third-order valence-corrected chi connectivity index (χ3v) is 2.81. The van der Waals surface area contributed by atoms with E-state index < -0.39 is 0 Å². The highest BCUT2D eigenvalue weighted by molar-refractivity contribution is 5.85. The monoisotopic (exact) mass is 231 g/mol.